The second-order valence-corrected chi connectivity index (χ2v) is 4.59. The molecule has 0 aliphatic rings. The summed E-state index contributed by atoms with van der Waals surface area (Å²) in [5.74, 6) is 1.51. The monoisotopic (exact) mass is 279 g/mol. The summed E-state index contributed by atoms with van der Waals surface area (Å²) >= 11 is 0. The van der Waals surface area contributed by atoms with Gasteiger partial charge in [-0.25, -0.2) is 9.97 Å². The minimum absolute atomic E-state index is 0.0803. The van der Waals surface area contributed by atoms with Crippen molar-refractivity contribution in [3.05, 3.63) is 12.4 Å². The van der Waals surface area contributed by atoms with Crippen LogP contribution in [0.5, 0.6) is 0 Å². The van der Waals surface area contributed by atoms with E-state index in [4.69, 9.17) is 0 Å². The van der Waals surface area contributed by atoms with Gasteiger partial charge in [0.25, 0.3) is 0 Å². The Balaban J connectivity index is 2.65. The van der Waals surface area contributed by atoms with E-state index in [0.717, 1.165) is 18.8 Å². The van der Waals surface area contributed by atoms with E-state index in [1.54, 1.807) is 4.90 Å². The lowest BCUT2D eigenvalue weighted by Gasteiger charge is -2.23. The predicted molar refractivity (Wildman–Crippen MR) is 81.8 cm³/mol. The van der Waals surface area contributed by atoms with Crippen molar-refractivity contribution in [3.63, 3.8) is 0 Å². The number of carbonyl (C=O) groups excluding carboxylic acids is 1. The largest absolute Gasteiger partial charge is 0.370 e. The molecule has 6 nitrogen and oxygen atoms in total. The zero-order chi connectivity index (χ0) is 15.0. The predicted octanol–water partition coefficient (Wildman–Crippen LogP) is 1.97. The summed E-state index contributed by atoms with van der Waals surface area (Å²) in [4.78, 5) is 22.3. The number of amides is 1. The molecule has 1 rings (SSSR count). The summed E-state index contributed by atoms with van der Waals surface area (Å²) in [6.07, 6.45) is 2.53. The first-order valence-electron chi connectivity index (χ1n) is 7.23. The first-order chi connectivity index (χ1) is 9.62. The highest BCUT2D eigenvalue weighted by atomic mass is 16.2. The zero-order valence-corrected chi connectivity index (χ0v) is 12.8. The van der Waals surface area contributed by atoms with E-state index in [0.29, 0.717) is 18.9 Å². The van der Waals surface area contributed by atoms with E-state index in [-0.39, 0.29) is 11.9 Å². The van der Waals surface area contributed by atoms with Crippen LogP contribution in [0.25, 0.3) is 0 Å². The van der Waals surface area contributed by atoms with Crippen molar-refractivity contribution in [1.29, 1.82) is 0 Å². The molecule has 0 aliphatic heterocycles. The van der Waals surface area contributed by atoms with Crippen molar-refractivity contribution in [3.8, 4) is 0 Å². The van der Waals surface area contributed by atoms with Gasteiger partial charge in [-0.1, -0.05) is 6.92 Å². The van der Waals surface area contributed by atoms with Gasteiger partial charge in [0, 0.05) is 25.7 Å². The van der Waals surface area contributed by atoms with Crippen LogP contribution in [0.15, 0.2) is 12.4 Å². The fourth-order valence-corrected chi connectivity index (χ4v) is 1.88. The first kappa shape index (κ1) is 16.2. The Hall–Kier alpha value is -1.85. The topological polar surface area (TPSA) is 70.2 Å². The molecule has 1 unspecified atom stereocenters. The van der Waals surface area contributed by atoms with Gasteiger partial charge in [0.1, 0.15) is 24.0 Å². The summed E-state index contributed by atoms with van der Waals surface area (Å²) in [6.45, 7) is 10.2. The van der Waals surface area contributed by atoms with Gasteiger partial charge in [-0.2, -0.15) is 0 Å². The molecule has 0 fully saturated rings. The van der Waals surface area contributed by atoms with Crippen LogP contribution in [0.3, 0.4) is 0 Å². The maximum Gasteiger partial charge on any atom is 0.244 e. The van der Waals surface area contributed by atoms with Crippen LogP contribution in [0, 0.1) is 0 Å². The third kappa shape index (κ3) is 4.68. The van der Waals surface area contributed by atoms with Gasteiger partial charge in [-0.3, -0.25) is 4.79 Å². The van der Waals surface area contributed by atoms with Crippen LogP contribution in [0.4, 0.5) is 11.6 Å². The van der Waals surface area contributed by atoms with Gasteiger partial charge in [-0.05, 0) is 27.2 Å². The summed E-state index contributed by atoms with van der Waals surface area (Å²) in [5, 5.41) is 6.32. The molecule has 0 radical (unpaired) electrons. The Labute approximate surface area is 121 Å². The SMILES string of the molecule is CCCNc1cc(NC(C)C(=O)N(CC)CC)ncn1. The Morgan fingerprint density at radius 2 is 1.90 bits per heavy atom. The molecule has 1 atom stereocenters. The van der Waals surface area contributed by atoms with Gasteiger partial charge < -0.3 is 15.5 Å². The lowest BCUT2D eigenvalue weighted by molar-refractivity contribution is -0.131. The van der Waals surface area contributed by atoms with Gasteiger partial charge in [0.15, 0.2) is 0 Å². The molecule has 1 amide bonds. The Bertz CT molecular complexity index is 420. The number of hydrogen-bond acceptors (Lipinski definition) is 5. The molecule has 112 valence electrons. The van der Waals surface area contributed by atoms with Crippen molar-refractivity contribution in [2.45, 2.75) is 40.2 Å². The number of nitrogens with zero attached hydrogens (tertiary/aromatic N) is 3. The minimum atomic E-state index is -0.302. The average molecular weight is 279 g/mol. The maximum absolute atomic E-state index is 12.2. The molecule has 1 aromatic heterocycles. The highest BCUT2D eigenvalue weighted by Crippen LogP contribution is 2.10. The van der Waals surface area contributed by atoms with E-state index >= 15 is 0 Å². The molecule has 0 spiro atoms. The number of nitrogens with one attached hydrogen (secondary N) is 2. The van der Waals surface area contributed by atoms with E-state index in [1.165, 1.54) is 6.33 Å². The van der Waals surface area contributed by atoms with E-state index in [9.17, 15) is 4.79 Å². The molecule has 2 N–H and O–H groups in total. The highest BCUT2D eigenvalue weighted by molar-refractivity contribution is 5.84. The van der Waals surface area contributed by atoms with Gasteiger partial charge >= 0.3 is 0 Å². The summed E-state index contributed by atoms with van der Waals surface area (Å²) in [5.41, 5.74) is 0. The van der Waals surface area contributed by atoms with Gasteiger partial charge in [0.05, 0.1) is 0 Å². The Kier molecular flexibility index (Phi) is 6.76. The van der Waals surface area contributed by atoms with E-state index in [2.05, 4.69) is 27.5 Å². The van der Waals surface area contributed by atoms with Crippen LogP contribution in [-0.4, -0.2) is 46.5 Å². The third-order valence-corrected chi connectivity index (χ3v) is 3.03. The molecule has 20 heavy (non-hydrogen) atoms. The molecule has 0 saturated heterocycles. The molecular weight excluding hydrogens is 254 g/mol. The summed E-state index contributed by atoms with van der Waals surface area (Å²) < 4.78 is 0. The highest BCUT2D eigenvalue weighted by Gasteiger charge is 2.18. The standard InChI is InChI=1S/C14H25N5O/c1-5-8-15-12-9-13(17-10-16-12)18-11(4)14(20)19(6-2)7-3/h9-11H,5-8H2,1-4H3,(H2,15,16,17,18). The quantitative estimate of drug-likeness (QED) is 0.761. The fraction of sp³-hybridized carbons (Fsp3) is 0.643. The lowest BCUT2D eigenvalue weighted by Crippen LogP contribution is -2.41. The summed E-state index contributed by atoms with van der Waals surface area (Å²) in [7, 11) is 0. The molecule has 1 aromatic rings. The smallest absolute Gasteiger partial charge is 0.244 e. The van der Waals surface area contributed by atoms with Crippen molar-refractivity contribution in [1.82, 2.24) is 14.9 Å². The van der Waals surface area contributed by atoms with Crippen molar-refractivity contribution in [2.75, 3.05) is 30.3 Å². The van der Waals surface area contributed by atoms with Crippen LogP contribution < -0.4 is 10.6 Å². The number of carbonyl (C=O) groups is 1. The Morgan fingerprint density at radius 3 is 2.50 bits per heavy atom. The first-order valence-corrected chi connectivity index (χ1v) is 7.23. The van der Waals surface area contributed by atoms with Crippen LogP contribution in [-0.2, 0) is 4.79 Å². The second-order valence-electron chi connectivity index (χ2n) is 4.59. The van der Waals surface area contributed by atoms with Gasteiger partial charge in [-0.15, -0.1) is 0 Å². The number of aromatic nitrogens is 2. The Morgan fingerprint density at radius 1 is 1.25 bits per heavy atom. The zero-order valence-electron chi connectivity index (χ0n) is 12.8. The lowest BCUT2D eigenvalue weighted by atomic mass is 10.2. The summed E-state index contributed by atoms with van der Waals surface area (Å²) in [6, 6.07) is 1.52. The second kappa shape index (κ2) is 8.35. The van der Waals surface area contributed by atoms with Crippen molar-refractivity contribution >= 4 is 17.5 Å². The molecule has 0 aliphatic carbocycles. The van der Waals surface area contributed by atoms with E-state index in [1.807, 2.05) is 26.8 Å². The molecule has 0 aromatic carbocycles. The molecule has 0 saturated carbocycles. The van der Waals surface area contributed by atoms with Crippen LogP contribution >= 0.6 is 0 Å². The van der Waals surface area contributed by atoms with Crippen LogP contribution in [0.1, 0.15) is 34.1 Å². The minimum Gasteiger partial charge on any atom is -0.370 e. The van der Waals surface area contributed by atoms with Crippen molar-refractivity contribution in [2.24, 2.45) is 0 Å². The molecule has 6 heteroatoms. The third-order valence-electron chi connectivity index (χ3n) is 3.03. The average Bonchev–Trinajstić information content (AvgIpc) is 2.46. The van der Waals surface area contributed by atoms with Crippen molar-refractivity contribution < 1.29 is 4.79 Å². The number of rotatable bonds is 8. The molecular formula is C14H25N5O. The van der Waals surface area contributed by atoms with Gasteiger partial charge in [0.2, 0.25) is 5.91 Å². The maximum atomic E-state index is 12.2. The number of hydrogen-bond donors (Lipinski definition) is 2. The number of likely N-dealkylation sites (N-methyl/N-ethyl adjacent to an activating group) is 1. The molecule has 1 heterocycles. The van der Waals surface area contributed by atoms with E-state index < -0.39 is 0 Å². The molecule has 0 bridgehead atoms. The number of anilines is 2. The normalized spacial score (nSPS) is 11.8. The fourth-order valence-electron chi connectivity index (χ4n) is 1.88. The van der Waals surface area contributed by atoms with Crippen LogP contribution in [0.2, 0.25) is 0 Å².